The molecule has 0 heterocycles. The Balaban J connectivity index is 2.02. The molecule has 0 saturated carbocycles. The maximum absolute atomic E-state index is 12.4. The molecule has 1 unspecified atom stereocenters. The highest BCUT2D eigenvalue weighted by Crippen LogP contribution is 2.19. The monoisotopic (exact) mass is 385 g/mol. The molecule has 2 amide bonds. The molecule has 2 aromatic rings. The minimum atomic E-state index is -0.830. The molecule has 2 rings (SSSR count). The number of benzene rings is 2. The number of carbonyl (C=O) groups is 2. The number of ether oxygens (including phenoxy) is 1. The van der Waals surface area contributed by atoms with E-state index in [9.17, 15) is 19.7 Å². The van der Waals surface area contributed by atoms with Crippen molar-refractivity contribution < 1.29 is 19.2 Å². The minimum Gasteiger partial charge on any atom is -0.481 e. The molecule has 8 heteroatoms. The predicted molar refractivity (Wildman–Crippen MR) is 106 cm³/mol. The molecule has 0 aliphatic carbocycles. The van der Waals surface area contributed by atoms with Gasteiger partial charge in [-0.1, -0.05) is 6.07 Å². The first kappa shape index (κ1) is 20.9. The van der Waals surface area contributed by atoms with Gasteiger partial charge in [0.05, 0.1) is 4.92 Å². The van der Waals surface area contributed by atoms with Gasteiger partial charge in [0.25, 0.3) is 17.5 Å². The Bertz CT molecular complexity index is 847. The first-order chi connectivity index (χ1) is 13.3. The van der Waals surface area contributed by atoms with Gasteiger partial charge in [-0.25, -0.2) is 0 Å². The zero-order valence-corrected chi connectivity index (χ0v) is 16.0. The van der Waals surface area contributed by atoms with E-state index >= 15 is 0 Å². The Hall–Kier alpha value is -3.42. The quantitative estimate of drug-likeness (QED) is 0.554. The largest absolute Gasteiger partial charge is 0.481 e. The molecule has 1 atom stereocenters. The number of nitro benzene ring substituents is 1. The molecule has 0 aliphatic rings. The van der Waals surface area contributed by atoms with E-state index in [2.05, 4.69) is 5.32 Å². The van der Waals surface area contributed by atoms with Crippen LogP contribution in [-0.4, -0.2) is 40.8 Å². The van der Waals surface area contributed by atoms with E-state index in [1.165, 1.54) is 24.3 Å². The lowest BCUT2D eigenvalue weighted by molar-refractivity contribution is -0.384. The van der Waals surface area contributed by atoms with Crippen LogP contribution in [0.25, 0.3) is 0 Å². The lowest BCUT2D eigenvalue weighted by Crippen LogP contribution is -2.31. The Morgan fingerprint density at radius 3 is 2.36 bits per heavy atom. The highest BCUT2D eigenvalue weighted by molar-refractivity contribution is 5.98. The number of hydrogen-bond donors (Lipinski definition) is 1. The van der Waals surface area contributed by atoms with Gasteiger partial charge in [-0.3, -0.25) is 19.7 Å². The number of rotatable bonds is 8. The summed E-state index contributed by atoms with van der Waals surface area (Å²) in [5.41, 5.74) is 0.923. The standard InChI is InChI=1S/C20H23N3O5/c1-4-22(5-2)20(25)15-7-6-8-16(13-15)21-19(24)14(3)28-18-11-9-17(10-12-18)23(26)27/h6-14H,4-5H2,1-3H3,(H,21,24). The van der Waals surface area contributed by atoms with E-state index < -0.39 is 16.9 Å². The zero-order chi connectivity index (χ0) is 20.7. The number of non-ortho nitro benzene ring substituents is 1. The highest BCUT2D eigenvalue weighted by atomic mass is 16.6. The van der Waals surface area contributed by atoms with Crippen molar-refractivity contribution in [3.8, 4) is 5.75 Å². The normalized spacial score (nSPS) is 11.4. The summed E-state index contributed by atoms with van der Waals surface area (Å²) in [7, 11) is 0. The van der Waals surface area contributed by atoms with Crippen molar-refractivity contribution in [3.63, 3.8) is 0 Å². The van der Waals surface area contributed by atoms with Gasteiger partial charge in [-0.05, 0) is 51.1 Å². The lowest BCUT2D eigenvalue weighted by atomic mass is 10.1. The van der Waals surface area contributed by atoms with Crippen LogP contribution in [0.15, 0.2) is 48.5 Å². The van der Waals surface area contributed by atoms with E-state index in [0.717, 1.165) is 0 Å². The first-order valence-electron chi connectivity index (χ1n) is 8.97. The Morgan fingerprint density at radius 1 is 1.14 bits per heavy atom. The van der Waals surface area contributed by atoms with Gasteiger partial charge < -0.3 is 15.0 Å². The van der Waals surface area contributed by atoms with Gasteiger partial charge in [0, 0.05) is 36.5 Å². The van der Waals surface area contributed by atoms with Gasteiger partial charge in [-0.2, -0.15) is 0 Å². The Labute approximate surface area is 163 Å². The Kier molecular flexibility index (Phi) is 7.08. The molecular weight excluding hydrogens is 362 g/mol. The van der Waals surface area contributed by atoms with Crippen molar-refractivity contribution in [3.05, 3.63) is 64.2 Å². The number of nitro groups is 1. The average molecular weight is 385 g/mol. The summed E-state index contributed by atoms with van der Waals surface area (Å²) in [6, 6.07) is 12.2. The molecule has 0 aromatic heterocycles. The van der Waals surface area contributed by atoms with Gasteiger partial charge >= 0.3 is 0 Å². The number of nitrogens with one attached hydrogen (secondary N) is 1. The van der Waals surface area contributed by atoms with Crippen molar-refractivity contribution >= 4 is 23.2 Å². The molecule has 0 radical (unpaired) electrons. The lowest BCUT2D eigenvalue weighted by Gasteiger charge is -2.19. The SMILES string of the molecule is CCN(CC)C(=O)c1cccc(NC(=O)C(C)Oc2ccc([N+](=O)[O-])cc2)c1. The molecule has 0 aliphatic heterocycles. The summed E-state index contributed by atoms with van der Waals surface area (Å²) in [5.74, 6) is -0.152. The summed E-state index contributed by atoms with van der Waals surface area (Å²) in [5, 5.41) is 13.4. The van der Waals surface area contributed by atoms with E-state index in [1.807, 2.05) is 13.8 Å². The van der Waals surface area contributed by atoms with Gasteiger partial charge in [-0.15, -0.1) is 0 Å². The number of carbonyl (C=O) groups excluding carboxylic acids is 2. The molecule has 1 N–H and O–H groups in total. The molecule has 2 aromatic carbocycles. The Morgan fingerprint density at radius 2 is 1.79 bits per heavy atom. The van der Waals surface area contributed by atoms with Crippen LogP contribution >= 0.6 is 0 Å². The van der Waals surface area contributed by atoms with Crippen LogP contribution in [0.3, 0.4) is 0 Å². The third kappa shape index (κ3) is 5.29. The molecule has 148 valence electrons. The summed E-state index contributed by atoms with van der Waals surface area (Å²) in [6.45, 7) is 6.59. The highest BCUT2D eigenvalue weighted by Gasteiger charge is 2.17. The van der Waals surface area contributed by atoms with Crippen LogP contribution in [0.5, 0.6) is 5.75 Å². The van der Waals surface area contributed by atoms with Crippen molar-refractivity contribution in [1.82, 2.24) is 4.90 Å². The van der Waals surface area contributed by atoms with E-state index in [1.54, 1.807) is 36.1 Å². The van der Waals surface area contributed by atoms with Gasteiger partial charge in [0.15, 0.2) is 6.10 Å². The zero-order valence-electron chi connectivity index (χ0n) is 16.0. The minimum absolute atomic E-state index is 0.0564. The second-order valence-electron chi connectivity index (χ2n) is 6.06. The maximum Gasteiger partial charge on any atom is 0.269 e. The van der Waals surface area contributed by atoms with Crippen LogP contribution in [0.1, 0.15) is 31.1 Å². The smallest absolute Gasteiger partial charge is 0.269 e. The third-order valence-electron chi connectivity index (χ3n) is 4.16. The van der Waals surface area contributed by atoms with Crippen LogP contribution in [-0.2, 0) is 4.79 Å². The van der Waals surface area contributed by atoms with Crippen LogP contribution < -0.4 is 10.1 Å². The second kappa shape index (κ2) is 9.50. The fraction of sp³-hybridized carbons (Fsp3) is 0.300. The summed E-state index contributed by atoms with van der Waals surface area (Å²) >= 11 is 0. The van der Waals surface area contributed by atoms with E-state index in [-0.39, 0.29) is 11.6 Å². The number of anilines is 1. The summed E-state index contributed by atoms with van der Waals surface area (Å²) in [6.07, 6.45) is -0.830. The van der Waals surface area contributed by atoms with Crippen molar-refractivity contribution in [1.29, 1.82) is 0 Å². The predicted octanol–water partition coefficient (Wildman–Crippen LogP) is 3.48. The number of amides is 2. The molecule has 0 saturated heterocycles. The first-order valence-corrected chi connectivity index (χ1v) is 8.97. The molecule has 0 fully saturated rings. The number of nitrogens with zero attached hydrogens (tertiary/aromatic N) is 2. The van der Waals surface area contributed by atoms with Gasteiger partial charge in [0.2, 0.25) is 0 Å². The molecule has 28 heavy (non-hydrogen) atoms. The van der Waals surface area contributed by atoms with Crippen molar-refractivity contribution in [2.24, 2.45) is 0 Å². The molecule has 0 bridgehead atoms. The van der Waals surface area contributed by atoms with Crippen molar-refractivity contribution in [2.45, 2.75) is 26.9 Å². The summed E-state index contributed by atoms with van der Waals surface area (Å²) in [4.78, 5) is 36.7. The second-order valence-corrected chi connectivity index (χ2v) is 6.06. The van der Waals surface area contributed by atoms with Crippen molar-refractivity contribution in [2.75, 3.05) is 18.4 Å². The van der Waals surface area contributed by atoms with Crippen LogP contribution in [0, 0.1) is 10.1 Å². The average Bonchev–Trinajstić information content (AvgIpc) is 2.69. The molecule has 0 spiro atoms. The maximum atomic E-state index is 12.4. The van der Waals surface area contributed by atoms with Crippen LogP contribution in [0.2, 0.25) is 0 Å². The molecular formula is C20H23N3O5. The topological polar surface area (TPSA) is 102 Å². The third-order valence-corrected chi connectivity index (χ3v) is 4.16. The van der Waals surface area contributed by atoms with E-state index in [4.69, 9.17) is 4.74 Å². The fourth-order valence-electron chi connectivity index (χ4n) is 2.57. The fourth-order valence-corrected chi connectivity index (χ4v) is 2.57. The number of hydrogen-bond acceptors (Lipinski definition) is 5. The van der Waals surface area contributed by atoms with Gasteiger partial charge in [0.1, 0.15) is 5.75 Å². The molecule has 8 nitrogen and oxygen atoms in total. The van der Waals surface area contributed by atoms with Crippen LogP contribution in [0.4, 0.5) is 11.4 Å². The summed E-state index contributed by atoms with van der Waals surface area (Å²) < 4.78 is 5.52. The van der Waals surface area contributed by atoms with E-state index in [0.29, 0.717) is 30.1 Å².